The lowest BCUT2D eigenvalue weighted by molar-refractivity contribution is -0.144. The standard InChI is InChI=1S/C16H22N2O3/c1-2-11-7-9-18(14(10-11)16(20)21)15(19)13-4-3-8-17(13)12-5-6-12/h3-4,8,11-12,14H,2,5-7,9-10H2,1H3,(H,20,21). The first kappa shape index (κ1) is 14.2. The van der Waals surface area contributed by atoms with Gasteiger partial charge in [-0.2, -0.15) is 0 Å². The lowest BCUT2D eigenvalue weighted by atomic mass is 9.88. The van der Waals surface area contributed by atoms with Crippen molar-refractivity contribution in [2.24, 2.45) is 5.92 Å². The summed E-state index contributed by atoms with van der Waals surface area (Å²) in [6, 6.07) is 3.43. The van der Waals surface area contributed by atoms with Crippen molar-refractivity contribution in [2.45, 2.75) is 51.1 Å². The second kappa shape index (κ2) is 5.54. The Morgan fingerprint density at radius 3 is 2.71 bits per heavy atom. The van der Waals surface area contributed by atoms with Crippen molar-refractivity contribution in [1.82, 2.24) is 9.47 Å². The molecule has 5 heteroatoms. The summed E-state index contributed by atoms with van der Waals surface area (Å²) in [7, 11) is 0. The molecule has 1 saturated carbocycles. The lowest BCUT2D eigenvalue weighted by Crippen LogP contribution is -2.50. The van der Waals surface area contributed by atoms with Gasteiger partial charge in [-0.3, -0.25) is 4.79 Å². The summed E-state index contributed by atoms with van der Waals surface area (Å²) in [5.74, 6) is -0.606. The van der Waals surface area contributed by atoms with Gasteiger partial charge in [-0.1, -0.05) is 13.3 Å². The van der Waals surface area contributed by atoms with Crippen LogP contribution in [0, 0.1) is 5.92 Å². The Morgan fingerprint density at radius 2 is 2.10 bits per heavy atom. The van der Waals surface area contributed by atoms with Crippen molar-refractivity contribution in [3.63, 3.8) is 0 Å². The summed E-state index contributed by atoms with van der Waals surface area (Å²) < 4.78 is 2.01. The van der Waals surface area contributed by atoms with E-state index in [9.17, 15) is 14.7 Å². The van der Waals surface area contributed by atoms with E-state index >= 15 is 0 Å². The molecule has 3 rings (SSSR count). The second-order valence-electron chi connectivity index (χ2n) is 6.18. The van der Waals surface area contributed by atoms with Crippen LogP contribution in [-0.4, -0.2) is 39.0 Å². The predicted molar refractivity (Wildman–Crippen MR) is 78.2 cm³/mol. The Kier molecular flexibility index (Phi) is 3.74. The Labute approximate surface area is 124 Å². The van der Waals surface area contributed by atoms with Gasteiger partial charge in [-0.15, -0.1) is 0 Å². The summed E-state index contributed by atoms with van der Waals surface area (Å²) in [5, 5.41) is 9.46. The molecule has 1 amide bonds. The highest BCUT2D eigenvalue weighted by molar-refractivity contribution is 5.95. The summed E-state index contributed by atoms with van der Waals surface area (Å²) in [4.78, 5) is 25.9. The molecule has 2 aliphatic rings. The number of hydrogen-bond donors (Lipinski definition) is 1. The van der Waals surface area contributed by atoms with Gasteiger partial charge in [0.1, 0.15) is 11.7 Å². The topological polar surface area (TPSA) is 62.5 Å². The maximum Gasteiger partial charge on any atom is 0.326 e. The van der Waals surface area contributed by atoms with Crippen LogP contribution in [0.25, 0.3) is 0 Å². The molecule has 5 nitrogen and oxygen atoms in total. The third-order valence-corrected chi connectivity index (χ3v) is 4.77. The highest BCUT2D eigenvalue weighted by atomic mass is 16.4. The molecule has 1 N–H and O–H groups in total. The van der Waals surface area contributed by atoms with Crippen LogP contribution in [0.15, 0.2) is 18.3 Å². The molecule has 1 saturated heterocycles. The van der Waals surface area contributed by atoms with Gasteiger partial charge >= 0.3 is 5.97 Å². The van der Waals surface area contributed by atoms with Crippen LogP contribution in [0.2, 0.25) is 0 Å². The molecule has 2 unspecified atom stereocenters. The second-order valence-corrected chi connectivity index (χ2v) is 6.18. The largest absolute Gasteiger partial charge is 0.480 e. The number of carboxylic acids is 1. The molecule has 1 aromatic heterocycles. The van der Waals surface area contributed by atoms with Crippen molar-refractivity contribution in [1.29, 1.82) is 0 Å². The van der Waals surface area contributed by atoms with E-state index in [2.05, 4.69) is 6.92 Å². The van der Waals surface area contributed by atoms with E-state index < -0.39 is 12.0 Å². The monoisotopic (exact) mass is 290 g/mol. The molecular formula is C16H22N2O3. The number of aliphatic carboxylic acids is 1. The summed E-state index contributed by atoms with van der Waals surface area (Å²) >= 11 is 0. The molecule has 0 spiro atoms. The quantitative estimate of drug-likeness (QED) is 0.927. The Hall–Kier alpha value is -1.78. The zero-order chi connectivity index (χ0) is 15.0. The van der Waals surface area contributed by atoms with Gasteiger partial charge in [0, 0.05) is 18.8 Å². The molecular weight excluding hydrogens is 268 g/mol. The minimum absolute atomic E-state index is 0.131. The average Bonchev–Trinajstić information content (AvgIpc) is 3.23. The summed E-state index contributed by atoms with van der Waals surface area (Å²) in [5.41, 5.74) is 0.638. The van der Waals surface area contributed by atoms with Crippen LogP contribution in [0.4, 0.5) is 0 Å². The molecule has 1 aromatic rings. The number of aromatic nitrogens is 1. The fourth-order valence-corrected chi connectivity index (χ4v) is 3.28. The highest BCUT2D eigenvalue weighted by Crippen LogP contribution is 2.36. The van der Waals surface area contributed by atoms with Crippen molar-refractivity contribution in [3.8, 4) is 0 Å². The third kappa shape index (κ3) is 2.69. The molecule has 1 aliphatic carbocycles. The first-order valence-corrected chi connectivity index (χ1v) is 7.82. The van der Waals surface area contributed by atoms with E-state index in [1.807, 2.05) is 22.9 Å². The van der Waals surface area contributed by atoms with Crippen molar-refractivity contribution >= 4 is 11.9 Å². The number of hydrogen-bond acceptors (Lipinski definition) is 2. The van der Waals surface area contributed by atoms with Crippen molar-refractivity contribution in [3.05, 3.63) is 24.0 Å². The van der Waals surface area contributed by atoms with Crippen LogP contribution >= 0.6 is 0 Å². The minimum Gasteiger partial charge on any atom is -0.480 e. The van der Waals surface area contributed by atoms with Crippen LogP contribution in [0.5, 0.6) is 0 Å². The van der Waals surface area contributed by atoms with Gasteiger partial charge in [0.2, 0.25) is 0 Å². The Bertz CT molecular complexity index is 547. The van der Waals surface area contributed by atoms with E-state index in [1.54, 1.807) is 4.90 Å². The molecule has 2 fully saturated rings. The van der Waals surface area contributed by atoms with E-state index in [-0.39, 0.29) is 5.91 Å². The number of carbonyl (C=O) groups excluding carboxylic acids is 1. The van der Waals surface area contributed by atoms with Crippen molar-refractivity contribution < 1.29 is 14.7 Å². The normalized spacial score (nSPS) is 25.9. The highest BCUT2D eigenvalue weighted by Gasteiger charge is 2.37. The molecule has 0 bridgehead atoms. The van der Waals surface area contributed by atoms with Gasteiger partial charge < -0.3 is 14.6 Å². The van der Waals surface area contributed by atoms with Gasteiger partial charge in [0.25, 0.3) is 5.91 Å². The Balaban J connectivity index is 1.82. The lowest BCUT2D eigenvalue weighted by Gasteiger charge is -2.37. The molecule has 0 aromatic carbocycles. The van der Waals surface area contributed by atoms with Gasteiger partial charge in [-0.25, -0.2) is 4.79 Å². The van der Waals surface area contributed by atoms with E-state index in [0.717, 1.165) is 25.7 Å². The number of amides is 1. The van der Waals surface area contributed by atoms with E-state index in [4.69, 9.17) is 0 Å². The maximum atomic E-state index is 12.8. The van der Waals surface area contributed by atoms with E-state index in [0.29, 0.717) is 30.6 Å². The minimum atomic E-state index is -0.883. The number of carboxylic acid groups (broad SMARTS) is 1. The first-order valence-electron chi connectivity index (χ1n) is 7.82. The average molecular weight is 290 g/mol. The number of piperidine rings is 1. The molecule has 0 radical (unpaired) electrons. The van der Waals surface area contributed by atoms with Gasteiger partial charge in [0.15, 0.2) is 0 Å². The zero-order valence-corrected chi connectivity index (χ0v) is 12.4. The van der Waals surface area contributed by atoms with E-state index in [1.165, 1.54) is 0 Å². The fourth-order valence-electron chi connectivity index (χ4n) is 3.28. The Morgan fingerprint density at radius 1 is 1.33 bits per heavy atom. The molecule has 2 heterocycles. The SMILES string of the molecule is CCC1CCN(C(=O)c2cccn2C2CC2)C(C(=O)O)C1. The number of carbonyl (C=O) groups is 2. The van der Waals surface area contributed by atoms with Gasteiger partial charge in [0.05, 0.1) is 0 Å². The summed E-state index contributed by atoms with van der Waals surface area (Å²) in [6.45, 7) is 2.63. The van der Waals surface area contributed by atoms with Gasteiger partial charge in [-0.05, 0) is 43.7 Å². The maximum absolute atomic E-state index is 12.8. The molecule has 2 atom stereocenters. The number of rotatable bonds is 4. The van der Waals surface area contributed by atoms with Crippen molar-refractivity contribution in [2.75, 3.05) is 6.54 Å². The van der Waals surface area contributed by atoms with Crippen LogP contribution in [-0.2, 0) is 4.79 Å². The molecule has 114 valence electrons. The first-order chi connectivity index (χ1) is 10.1. The summed E-state index contributed by atoms with van der Waals surface area (Å²) in [6.07, 6.45) is 6.59. The third-order valence-electron chi connectivity index (χ3n) is 4.77. The van der Waals surface area contributed by atoms with Crippen LogP contribution in [0.3, 0.4) is 0 Å². The smallest absolute Gasteiger partial charge is 0.326 e. The zero-order valence-electron chi connectivity index (χ0n) is 12.4. The van der Waals surface area contributed by atoms with Crippen LogP contribution in [0.1, 0.15) is 55.6 Å². The number of nitrogens with zero attached hydrogens (tertiary/aromatic N) is 2. The molecule has 1 aliphatic heterocycles. The molecule has 21 heavy (non-hydrogen) atoms. The van der Waals surface area contributed by atoms with Crippen LogP contribution < -0.4 is 0 Å². The predicted octanol–water partition coefficient (Wildman–Crippen LogP) is 2.54. The number of likely N-dealkylation sites (tertiary alicyclic amines) is 1. The fraction of sp³-hybridized carbons (Fsp3) is 0.625.